The van der Waals surface area contributed by atoms with E-state index in [9.17, 15) is 18.0 Å². The Morgan fingerprint density at radius 1 is 1.27 bits per heavy atom. The number of carbonyl (C=O) groups excluding carboxylic acids is 1. The Labute approximate surface area is 167 Å². The summed E-state index contributed by atoms with van der Waals surface area (Å²) in [5, 5.41) is 7.91. The van der Waals surface area contributed by atoms with E-state index in [1.54, 1.807) is 10.7 Å². The number of hydrogen-bond acceptors (Lipinski definition) is 5. The first-order chi connectivity index (χ1) is 14.3. The third-order valence-corrected chi connectivity index (χ3v) is 5.06. The summed E-state index contributed by atoms with van der Waals surface area (Å²) in [5.41, 5.74) is 2.84. The molecule has 0 unspecified atom stereocenters. The molecule has 0 bridgehead atoms. The molecular formula is C18H15F3N8O. The molecule has 0 aliphatic carbocycles. The standard InChI is InChI=1S/C18H15F3N8O/c1-27-15(24-17(26-27)18(19,20)21)16(30)28-7-5-11-13(23-9-22-11)14(28)12-8-10-4-2-3-6-29(10)25-12/h2-4,6,8-9,14H,5,7H2,1H3,(H,22,23)/t14-/m0/s1. The van der Waals surface area contributed by atoms with E-state index < -0.39 is 29.8 Å². The summed E-state index contributed by atoms with van der Waals surface area (Å²) in [6.45, 7) is 0.265. The van der Waals surface area contributed by atoms with Crippen LogP contribution in [0.15, 0.2) is 36.8 Å². The van der Waals surface area contributed by atoms with Crippen LogP contribution in [-0.2, 0) is 19.6 Å². The highest BCUT2D eigenvalue weighted by Gasteiger charge is 2.41. The number of nitrogens with zero attached hydrogens (tertiary/aromatic N) is 7. The van der Waals surface area contributed by atoms with Gasteiger partial charge in [-0.05, 0) is 18.2 Å². The lowest BCUT2D eigenvalue weighted by molar-refractivity contribution is -0.144. The Balaban J connectivity index is 1.60. The third kappa shape index (κ3) is 2.83. The number of fused-ring (bicyclic) bond motifs is 2. The molecule has 5 rings (SSSR count). The van der Waals surface area contributed by atoms with Gasteiger partial charge in [-0.25, -0.2) is 14.2 Å². The number of pyridine rings is 1. The summed E-state index contributed by atoms with van der Waals surface area (Å²) in [6.07, 6.45) is -0.952. The molecule has 154 valence electrons. The molecule has 30 heavy (non-hydrogen) atoms. The van der Waals surface area contributed by atoms with E-state index in [0.717, 1.165) is 15.9 Å². The van der Waals surface area contributed by atoms with Gasteiger partial charge in [-0.2, -0.15) is 23.3 Å². The number of nitrogens with one attached hydrogen (secondary N) is 1. The van der Waals surface area contributed by atoms with Crippen LogP contribution in [0.1, 0.15) is 39.6 Å². The van der Waals surface area contributed by atoms with Crippen LogP contribution in [0.5, 0.6) is 0 Å². The average molecular weight is 416 g/mol. The summed E-state index contributed by atoms with van der Waals surface area (Å²) in [7, 11) is 1.26. The number of alkyl halides is 3. The topological polar surface area (TPSA) is 97.0 Å². The molecule has 9 nitrogen and oxygen atoms in total. The van der Waals surface area contributed by atoms with Crippen molar-refractivity contribution in [2.75, 3.05) is 6.54 Å². The lowest BCUT2D eigenvalue weighted by Gasteiger charge is -2.33. The average Bonchev–Trinajstić information content (AvgIpc) is 3.43. The Hall–Kier alpha value is -3.70. The van der Waals surface area contributed by atoms with Crippen molar-refractivity contribution in [1.29, 1.82) is 0 Å². The van der Waals surface area contributed by atoms with Gasteiger partial charge in [-0.15, -0.1) is 5.10 Å². The Kier molecular flexibility index (Phi) is 3.91. The van der Waals surface area contributed by atoms with Crippen LogP contribution in [-0.4, -0.2) is 51.7 Å². The Morgan fingerprint density at radius 2 is 2.10 bits per heavy atom. The van der Waals surface area contributed by atoms with Crippen LogP contribution in [0.3, 0.4) is 0 Å². The summed E-state index contributed by atoms with van der Waals surface area (Å²) in [5.74, 6) is -2.42. The van der Waals surface area contributed by atoms with Gasteiger partial charge < -0.3 is 9.88 Å². The minimum Gasteiger partial charge on any atom is -0.348 e. The fourth-order valence-electron chi connectivity index (χ4n) is 3.71. The van der Waals surface area contributed by atoms with Gasteiger partial charge >= 0.3 is 6.18 Å². The van der Waals surface area contributed by atoms with Gasteiger partial charge in [0, 0.05) is 31.9 Å². The fraction of sp³-hybridized carbons (Fsp3) is 0.278. The molecule has 0 saturated carbocycles. The number of aromatic amines is 1. The molecule has 0 saturated heterocycles. The van der Waals surface area contributed by atoms with E-state index >= 15 is 0 Å². The van der Waals surface area contributed by atoms with Crippen molar-refractivity contribution in [3.8, 4) is 0 Å². The molecule has 4 aromatic heterocycles. The van der Waals surface area contributed by atoms with Crippen molar-refractivity contribution in [3.63, 3.8) is 0 Å². The minimum absolute atomic E-state index is 0.265. The lowest BCUT2D eigenvalue weighted by atomic mass is 9.99. The molecular weight excluding hydrogens is 401 g/mol. The number of carbonyl (C=O) groups is 1. The van der Waals surface area contributed by atoms with Gasteiger partial charge in [0.25, 0.3) is 11.7 Å². The number of aromatic nitrogens is 7. The first-order valence-corrected chi connectivity index (χ1v) is 9.08. The molecule has 12 heteroatoms. The van der Waals surface area contributed by atoms with Crippen molar-refractivity contribution in [2.24, 2.45) is 7.05 Å². The number of imidazole rings is 1. The first-order valence-electron chi connectivity index (χ1n) is 9.08. The molecule has 1 amide bonds. The maximum atomic E-state index is 13.3. The summed E-state index contributed by atoms with van der Waals surface area (Å²) in [6, 6.07) is 6.72. The van der Waals surface area contributed by atoms with Crippen LogP contribution >= 0.6 is 0 Å². The van der Waals surface area contributed by atoms with Gasteiger partial charge in [0.2, 0.25) is 5.82 Å². The highest BCUT2D eigenvalue weighted by atomic mass is 19.4. The summed E-state index contributed by atoms with van der Waals surface area (Å²) in [4.78, 5) is 25.6. The van der Waals surface area contributed by atoms with Gasteiger partial charge in [-0.1, -0.05) is 6.07 Å². The van der Waals surface area contributed by atoms with Crippen LogP contribution in [0.2, 0.25) is 0 Å². The molecule has 5 heterocycles. The number of halogens is 3. The summed E-state index contributed by atoms with van der Waals surface area (Å²) < 4.78 is 41.6. The van der Waals surface area contributed by atoms with Crippen molar-refractivity contribution in [2.45, 2.75) is 18.6 Å². The van der Waals surface area contributed by atoms with Crippen molar-refractivity contribution >= 4 is 11.4 Å². The van der Waals surface area contributed by atoms with Crippen molar-refractivity contribution < 1.29 is 18.0 Å². The maximum Gasteiger partial charge on any atom is 0.453 e. The molecule has 1 N–H and O–H groups in total. The highest BCUT2D eigenvalue weighted by molar-refractivity contribution is 5.91. The largest absolute Gasteiger partial charge is 0.453 e. The monoisotopic (exact) mass is 416 g/mol. The van der Waals surface area contributed by atoms with E-state index in [2.05, 4.69) is 25.1 Å². The lowest BCUT2D eigenvalue weighted by Crippen LogP contribution is -2.42. The number of aryl methyl sites for hydroxylation is 1. The van der Waals surface area contributed by atoms with Crippen LogP contribution in [0.4, 0.5) is 13.2 Å². The predicted molar refractivity (Wildman–Crippen MR) is 96.4 cm³/mol. The van der Waals surface area contributed by atoms with Gasteiger partial charge in [0.1, 0.15) is 6.04 Å². The van der Waals surface area contributed by atoms with E-state index in [0.29, 0.717) is 17.8 Å². The predicted octanol–water partition coefficient (Wildman–Crippen LogP) is 1.99. The molecule has 1 aliphatic rings. The van der Waals surface area contributed by atoms with Crippen molar-refractivity contribution in [1.82, 2.24) is 39.2 Å². The van der Waals surface area contributed by atoms with E-state index in [4.69, 9.17) is 0 Å². The zero-order valence-corrected chi connectivity index (χ0v) is 15.6. The highest BCUT2D eigenvalue weighted by Crippen LogP contribution is 2.34. The molecule has 1 atom stereocenters. The van der Waals surface area contributed by atoms with Crippen LogP contribution < -0.4 is 0 Å². The van der Waals surface area contributed by atoms with Crippen LogP contribution in [0, 0.1) is 0 Å². The SMILES string of the molecule is Cn1nc(C(F)(F)F)nc1C(=O)N1CCc2[nH]cnc2[C@@H]1c1cc2ccccn2n1. The number of amides is 1. The number of rotatable bonds is 2. The Morgan fingerprint density at radius 3 is 2.83 bits per heavy atom. The second-order valence-corrected chi connectivity index (χ2v) is 6.94. The van der Waals surface area contributed by atoms with E-state index in [-0.39, 0.29) is 6.54 Å². The van der Waals surface area contributed by atoms with E-state index in [1.807, 2.05) is 24.3 Å². The summed E-state index contributed by atoms with van der Waals surface area (Å²) >= 11 is 0. The fourth-order valence-corrected chi connectivity index (χ4v) is 3.71. The molecule has 0 fully saturated rings. The number of H-pyrrole nitrogens is 1. The quantitative estimate of drug-likeness (QED) is 0.539. The van der Waals surface area contributed by atoms with Crippen LogP contribution in [0.25, 0.3) is 5.52 Å². The molecule has 1 aliphatic heterocycles. The second-order valence-electron chi connectivity index (χ2n) is 6.94. The zero-order chi connectivity index (χ0) is 21.0. The molecule has 0 radical (unpaired) electrons. The van der Waals surface area contributed by atoms with E-state index in [1.165, 1.54) is 18.3 Å². The normalized spacial score (nSPS) is 16.8. The Bertz CT molecular complexity index is 1220. The van der Waals surface area contributed by atoms with Crippen molar-refractivity contribution in [3.05, 3.63) is 65.5 Å². The number of hydrogen-bond donors (Lipinski definition) is 1. The van der Waals surface area contributed by atoms with Gasteiger partial charge in [0.15, 0.2) is 0 Å². The molecule has 4 aromatic rings. The first kappa shape index (κ1) is 18.3. The zero-order valence-electron chi connectivity index (χ0n) is 15.6. The second kappa shape index (κ2) is 6.40. The third-order valence-electron chi connectivity index (χ3n) is 5.06. The maximum absolute atomic E-state index is 13.3. The minimum atomic E-state index is -4.74. The van der Waals surface area contributed by atoms with Gasteiger partial charge in [0.05, 0.1) is 23.2 Å². The smallest absolute Gasteiger partial charge is 0.348 e. The van der Waals surface area contributed by atoms with Gasteiger partial charge in [-0.3, -0.25) is 4.79 Å². The molecule has 0 spiro atoms. The molecule has 0 aromatic carbocycles.